The van der Waals surface area contributed by atoms with Gasteiger partial charge >= 0.3 is 0 Å². The van der Waals surface area contributed by atoms with Gasteiger partial charge in [0.05, 0.1) is 0 Å². The van der Waals surface area contributed by atoms with Gasteiger partial charge in [-0.05, 0) is 49.8 Å². The molecule has 154 valence electrons. The first kappa shape index (κ1) is 20.2. The first-order chi connectivity index (χ1) is 13.9. The number of rotatable bonds is 5. The smallest absolute Gasteiger partial charge is 0.0459 e. The molecule has 1 N–H and O–H groups in total. The monoisotopic (exact) mass is 388 g/mol. The predicted molar refractivity (Wildman–Crippen MR) is 125 cm³/mol. The Morgan fingerprint density at radius 2 is 2.07 bits per heavy atom. The molecule has 2 bridgehead atoms. The summed E-state index contributed by atoms with van der Waals surface area (Å²) >= 11 is 0. The molecule has 4 atom stereocenters. The molecule has 1 aromatic carbocycles. The van der Waals surface area contributed by atoms with E-state index in [2.05, 4.69) is 87.5 Å². The molecule has 0 radical (unpaired) electrons. The van der Waals surface area contributed by atoms with Crippen molar-refractivity contribution in [2.75, 3.05) is 13.1 Å². The van der Waals surface area contributed by atoms with Crippen LogP contribution in [0.3, 0.4) is 0 Å². The minimum atomic E-state index is -0.126. The van der Waals surface area contributed by atoms with Gasteiger partial charge in [-0.3, -0.25) is 4.90 Å². The number of nitrogens with one attached hydrogen (secondary N) is 1. The third-order valence-corrected chi connectivity index (χ3v) is 7.69. The molecular weight excluding hydrogens is 352 g/mol. The number of aromatic nitrogens is 1. The number of hydrogen-bond donors (Lipinski definition) is 1. The number of para-hydroxylation sites is 1. The zero-order chi connectivity index (χ0) is 20.8. The highest BCUT2D eigenvalue weighted by Gasteiger charge is 2.44. The van der Waals surface area contributed by atoms with E-state index in [4.69, 9.17) is 0 Å². The summed E-state index contributed by atoms with van der Waals surface area (Å²) in [7, 11) is 0. The minimum absolute atomic E-state index is 0.126. The van der Waals surface area contributed by atoms with Gasteiger partial charge < -0.3 is 4.98 Å². The maximum atomic E-state index is 4.67. The molecule has 1 aromatic heterocycles. The van der Waals surface area contributed by atoms with Gasteiger partial charge in [0, 0.05) is 47.6 Å². The molecule has 0 fully saturated rings. The van der Waals surface area contributed by atoms with E-state index < -0.39 is 0 Å². The maximum absolute atomic E-state index is 4.67. The summed E-state index contributed by atoms with van der Waals surface area (Å²) in [6.45, 7) is 19.5. The number of benzene rings is 1. The lowest BCUT2D eigenvalue weighted by molar-refractivity contribution is 0.222. The second kappa shape index (κ2) is 7.65. The van der Waals surface area contributed by atoms with E-state index in [1.807, 2.05) is 0 Å². The topological polar surface area (TPSA) is 19.0 Å². The summed E-state index contributed by atoms with van der Waals surface area (Å²) in [6.07, 6.45) is 7.24. The zero-order valence-corrected chi connectivity index (χ0v) is 18.8. The SMILES string of the molecule is C=C(/C=C(\C)C(C)CC)[C@]1(C)c2[nH]c3ccccc3c2CN2CC(CC)=C[C@@H]1C2. The number of nitrogens with zero attached hydrogens (tertiary/aromatic N) is 1. The van der Waals surface area contributed by atoms with Crippen LogP contribution in [0.25, 0.3) is 10.9 Å². The highest BCUT2D eigenvalue weighted by Crippen LogP contribution is 2.48. The lowest BCUT2D eigenvalue weighted by atomic mass is 9.67. The van der Waals surface area contributed by atoms with E-state index >= 15 is 0 Å². The highest BCUT2D eigenvalue weighted by molar-refractivity contribution is 5.85. The fraction of sp³-hybridized carbons (Fsp3) is 0.481. The average molecular weight is 389 g/mol. The zero-order valence-electron chi connectivity index (χ0n) is 18.8. The molecular formula is C27H36N2. The molecule has 2 heteroatoms. The van der Waals surface area contributed by atoms with Gasteiger partial charge in [-0.2, -0.15) is 0 Å². The summed E-state index contributed by atoms with van der Waals surface area (Å²) in [5.41, 5.74) is 8.21. The van der Waals surface area contributed by atoms with Crippen molar-refractivity contribution in [2.45, 2.75) is 59.4 Å². The van der Waals surface area contributed by atoms with Crippen molar-refractivity contribution in [3.05, 3.63) is 71.0 Å². The molecule has 2 unspecified atom stereocenters. The summed E-state index contributed by atoms with van der Waals surface area (Å²) in [6, 6.07) is 8.79. The Morgan fingerprint density at radius 1 is 1.31 bits per heavy atom. The Bertz CT molecular complexity index is 989. The molecule has 0 amide bonds. The van der Waals surface area contributed by atoms with E-state index in [-0.39, 0.29) is 5.41 Å². The van der Waals surface area contributed by atoms with Crippen molar-refractivity contribution < 1.29 is 0 Å². The van der Waals surface area contributed by atoms with Gasteiger partial charge in [-0.1, -0.05) is 68.8 Å². The van der Waals surface area contributed by atoms with E-state index in [1.165, 1.54) is 39.7 Å². The molecule has 0 saturated heterocycles. The van der Waals surface area contributed by atoms with Crippen LogP contribution in [-0.4, -0.2) is 23.0 Å². The molecule has 2 nitrogen and oxygen atoms in total. The van der Waals surface area contributed by atoms with Crippen molar-refractivity contribution >= 4 is 10.9 Å². The van der Waals surface area contributed by atoms with Crippen LogP contribution in [0.2, 0.25) is 0 Å². The van der Waals surface area contributed by atoms with Crippen molar-refractivity contribution in [3.63, 3.8) is 0 Å². The second-order valence-electron chi connectivity index (χ2n) is 9.40. The molecule has 3 heterocycles. The molecule has 2 aliphatic heterocycles. The van der Waals surface area contributed by atoms with Crippen LogP contribution in [0, 0.1) is 11.8 Å². The van der Waals surface area contributed by atoms with Crippen molar-refractivity contribution in [1.29, 1.82) is 0 Å². The fourth-order valence-electron chi connectivity index (χ4n) is 5.22. The summed E-state index contributed by atoms with van der Waals surface area (Å²) in [5.74, 6) is 1.03. The van der Waals surface area contributed by atoms with Crippen LogP contribution in [0.15, 0.2) is 59.7 Å². The molecule has 2 aliphatic rings. The van der Waals surface area contributed by atoms with Gasteiger partial charge in [-0.15, -0.1) is 0 Å². The number of hydrogen-bond acceptors (Lipinski definition) is 1. The number of H-pyrrole nitrogens is 1. The Hall–Kier alpha value is -2.06. The largest absolute Gasteiger partial charge is 0.357 e. The summed E-state index contributed by atoms with van der Waals surface area (Å²) in [5, 5.41) is 1.37. The quantitative estimate of drug-likeness (QED) is 0.443. The second-order valence-corrected chi connectivity index (χ2v) is 9.40. The lowest BCUT2D eigenvalue weighted by Gasteiger charge is -2.40. The first-order valence-electron chi connectivity index (χ1n) is 11.3. The standard InChI is InChI=1S/C27H36N2/c1-7-18(3)19(4)13-20(5)27(6)22-14-21(8-2)15-29(16-22)17-24-23-11-9-10-12-25(23)28-26(24)27/h9-14,18,22,28H,5,7-8,15-17H2,1-4,6H3/b19-13+/t18?,22-,27+/m1/s1. The Kier molecular flexibility index (Phi) is 5.33. The Morgan fingerprint density at radius 3 is 2.79 bits per heavy atom. The van der Waals surface area contributed by atoms with Crippen LogP contribution in [0.4, 0.5) is 0 Å². The van der Waals surface area contributed by atoms with Crippen LogP contribution < -0.4 is 0 Å². The molecule has 4 rings (SSSR count). The van der Waals surface area contributed by atoms with Gasteiger partial charge in [0.1, 0.15) is 0 Å². The van der Waals surface area contributed by atoms with Gasteiger partial charge in [0.15, 0.2) is 0 Å². The van der Waals surface area contributed by atoms with Crippen molar-refractivity contribution in [2.24, 2.45) is 11.8 Å². The van der Waals surface area contributed by atoms with Crippen LogP contribution in [0.1, 0.15) is 58.7 Å². The molecule has 0 saturated carbocycles. The lowest BCUT2D eigenvalue weighted by Crippen LogP contribution is -2.41. The van der Waals surface area contributed by atoms with E-state index in [0.29, 0.717) is 11.8 Å². The minimum Gasteiger partial charge on any atom is -0.357 e. The van der Waals surface area contributed by atoms with E-state index in [1.54, 1.807) is 5.57 Å². The molecule has 29 heavy (non-hydrogen) atoms. The third-order valence-electron chi connectivity index (χ3n) is 7.69. The molecule has 0 spiro atoms. The van der Waals surface area contributed by atoms with E-state index in [9.17, 15) is 0 Å². The van der Waals surface area contributed by atoms with Crippen LogP contribution in [0.5, 0.6) is 0 Å². The van der Waals surface area contributed by atoms with Gasteiger partial charge in [-0.25, -0.2) is 0 Å². The number of aromatic amines is 1. The molecule has 0 aliphatic carbocycles. The van der Waals surface area contributed by atoms with Crippen molar-refractivity contribution in [1.82, 2.24) is 9.88 Å². The van der Waals surface area contributed by atoms with E-state index in [0.717, 1.165) is 26.1 Å². The highest BCUT2D eigenvalue weighted by atomic mass is 15.1. The average Bonchev–Trinajstić information content (AvgIpc) is 3.07. The predicted octanol–water partition coefficient (Wildman–Crippen LogP) is 6.76. The molecule has 2 aromatic rings. The Balaban J connectivity index is 1.92. The van der Waals surface area contributed by atoms with Gasteiger partial charge in [0.25, 0.3) is 0 Å². The van der Waals surface area contributed by atoms with Crippen molar-refractivity contribution in [3.8, 4) is 0 Å². The maximum Gasteiger partial charge on any atom is 0.0459 e. The third kappa shape index (κ3) is 3.32. The summed E-state index contributed by atoms with van der Waals surface area (Å²) < 4.78 is 0. The normalized spacial score (nSPS) is 27.9. The summed E-state index contributed by atoms with van der Waals surface area (Å²) in [4.78, 5) is 6.49. The number of fused-ring (bicyclic) bond motifs is 5. The van der Waals surface area contributed by atoms with Crippen LogP contribution >= 0.6 is 0 Å². The first-order valence-corrected chi connectivity index (χ1v) is 11.3. The number of allylic oxidation sites excluding steroid dienone is 3. The Labute approximate surface area is 176 Å². The fourth-order valence-corrected chi connectivity index (χ4v) is 5.22. The van der Waals surface area contributed by atoms with Crippen LogP contribution in [-0.2, 0) is 12.0 Å². The van der Waals surface area contributed by atoms with Gasteiger partial charge in [0.2, 0.25) is 0 Å².